The Morgan fingerprint density at radius 1 is 1.30 bits per heavy atom. The maximum absolute atomic E-state index is 13.2. The van der Waals surface area contributed by atoms with Crippen LogP contribution in [0, 0.1) is 17.1 Å². The van der Waals surface area contributed by atoms with E-state index in [1.165, 1.54) is 25.3 Å². The van der Waals surface area contributed by atoms with Crippen molar-refractivity contribution in [1.29, 1.82) is 5.26 Å². The van der Waals surface area contributed by atoms with E-state index in [1.807, 2.05) is 13.0 Å². The van der Waals surface area contributed by atoms with Crippen LogP contribution in [0.1, 0.15) is 18.9 Å². The van der Waals surface area contributed by atoms with E-state index in [-0.39, 0.29) is 16.3 Å². The molecule has 0 unspecified atom stereocenters. The van der Waals surface area contributed by atoms with E-state index in [0.29, 0.717) is 23.7 Å². The van der Waals surface area contributed by atoms with Gasteiger partial charge in [-0.2, -0.15) is 5.26 Å². The summed E-state index contributed by atoms with van der Waals surface area (Å²) in [6.45, 7) is 2.55. The summed E-state index contributed by atoms with van der Waals surface area (Å²) in [4.78, 5) is 12.3. The average Bonchev–Trinajstić information content (AvgIpc) is 2.67. The van der Waals surface area contributed by atoms with Gasteiger partial charge in [0.1, 0.15) is 17.5 Å². The van der Waals surface area contributed by atoms with Crippen LogP contribution in [-0.2, 0) is 4.79 Å². The zero-order chi connectivity index (χ0) is 19.8. The lowest BCUT2D eigenvalue weighted by Gasteiger charge is -2.10. The molecule has 27 heavy (non-hydrogen) atoms. The van der Waals surface area contributed by atoms with Gasteiger partial charge in [0, 0.05) is 5.69 Å². The van der Waals surface area contributed by atoms with E-state index in [4.69, 9.17) is 21.1 Å². The lowest BCUT2D eigenvalue weighted by atomic mass is 10.1. The number of halogens is 2. The minimum Gasteiger partial charge on any atom is -0.493 e. The number of ether oxygens (including phenoxy) is 2. The van der Waals surface area contributed by atoms with Crippen LogP contribution >= 0.6 is 11.6 Å². The number of nitrogens with one attached hydrogen (secondary N) is 1. The summed E-state index contributed by atoms with van der Waals surface area (Å²) in [5, 5.41) is 11.7. The Balaban J connectivity index is 2.22. The molecule has 0 aliphatic heterocycles. The highest BCUT2D eigenvalue weighted by Crippen LogP contribution is 2.29. The third kappa shape index (κ3) is 5.47. The maximum Gasteiger partial charge on any atom is 0.266 e. The van der Waals surface area contributed by atoms with Crippen molar-refractivity contribution in [2.75, 3.05) is 19.0 Å². The SMILES string of the molecule is CCCOc1ccc(/C=C(\C#N)C(=O)Nc2ccc(F)c(Cl)c2)cc1OC. The highest BCUT2D eigenvalue weighted by molar-refractivity contribution is 6.31. The summed E-state index contributed by atoms with van der Waals surface area (Å²) in [6.07, 6.45) is 2.28. The third-order valence-electron chi connectivity index (χ3n) is 3.50. The molecule has 0 spiro atoms. The first-order valence-corrected chi connectivity index (χ1v) is 8.55. The zero-order valence-electron chi connectivity index (χ0n) is 14.9. The van der Waals surface area contributed by atoms with E-state index in [2.05, 4.69) is 5.32 Å². The quantitative estimate of drug-likeness (QED) is 0.545. The molecule has 0 aliphatic rings. The minimum atomic E-state index is -0.634. The Kier molecular flexibility index (Phi) is 7.21. The Labute approximate surface area is 162 Å². The summed E-state index contributed by atoms with van der Waals surface area (Å²) in [6, 6.07) is 10.7. The highest BCUT2D eigenvalue weighted by Gasteiger charge is 2.12. The highest BCUT2D eigenvalue weighted by atomic mass is 35.5. The first-order chi connectivity index (χ1) is 13.0. The van der Waals surface area contributed by atoms with Crippen molar-refractivity contribution < 1.29 is 18.7 Å². The van der Waals surface area contributed by atoms with Gasteiger partial charge in [0.2, 0.25) is 0 Å². The smallest absolute Gasteiger partial charge is 0.266 e. The Morgan fingerprint density at radius 3 is 2.70 bits per heavy atom. The summed E-state index contributed by atoms with van der Waals surface area (Å²) in [7, 11) is 1.51. The molecule has 0 radical (unpaired) electrons. The standard InChI is InChI=1S/C20H18ClFN2O3/c1-3-8-27-18-7-4-13(10-19(18)26-2)9-14(12-23)20(25)24-15-5-6-17(22)16(21)11-15/h4-7,9-11H,3,8H2,1-2H3,(H,24,25)/b14-9+. The van der Waals surface area contributed by atoms with Crippen LogP contribution in [-0.4, -0.2) is 19.6 Å². The molecule has 0 bridgehead atoms. The van der Waals surface area contributed by atoms with E-state index < -0.39 is 11.7 Å². The Morgan fingerprint density at radius 2 is 2.07 bits per heavy atom. The van der Waals surface area contributed by atoms with E-state index >= 15 is 0 Å². The van der Waals surface area contributed by atoms with Crippen molar-refractivity contribution in [1.82, 2.24) is 0 Å². The Hall–Kier alpha value is -3.04. The predicted molar refractivity (Wildman–Crippen MR) is 102 cm³/mol. The molecule has 0 saturated carbocycles. The van der Waals surface area contributed by atoms with E-state index in [1.54, 1.807) is 18.2 Å². The lowest BCUT2D eigenvalue weighted by molar-refractivity contribution is -0.112. The van der Waals surface area contributed by atoms with Crippen LogP contribution in [0.25, 0.3) is 6.08 Å². The van der Waals surface area contributed by atoms with Gasteiger partial charge in [-0.05, 0) is 48.4 Å². The van der Waals surface area contributed by atoms with Crippen LogP contribution < -0.4 is 14.8 Å². The number of carbonyl (C=O) groups excluding carboxylic acids is 1. The fourth-order valence-corrected chi connectivity index (χ4v) is 2.37. The molecule has 1 amide bonds. The van der Waals surface area contributed by atoms with Gasteiger partial charge >= 0.3 is 0 Å². The van der Waals surface area contributed by atoms with Crippen LogP contribution in [0.3, 0.4) is 0 Å². The fraction of sp³-hybridized carbons (Fsp3) is 0.200. The van der Waals surface area contributed by atoms with Crippen LogP contribution in [0.4, 0.5) is 10.1 Å². The second-order valence-corrected chi connectivity index (χ2v) is 5.92. The minimum absolute atomic E-state index is 0.123. The zero-order valence-corrected chi connectivity index (χ0v) is 15.6. The van der Waals surface area contributed by atoms with E-state index in [9.17, 15) is 14.4 Å². The number of rotatable bonds is 7. The summed E-state index contributed by atoms with van der Waals surface area (Å²) < 4.78 is 24.1. The summed E-state index contributed by atoms with van der Waals surface area (Å²) >= 11 is 5.69. The second-order valence-electron chi connectivity index (χ2n) is 5.51. The first-order valence-electron chi connectivity index (χ1n) is 8.17. The molecule has 0 atom stereocenters. The average molecular weight is 389 g/mol. The number of hydrogen-bond donors (Lipinski definition) is 1. The molecule has 0 fully saturated rings. The molecular weight excluding hydrogens is 371 g/mol. The monoisotopic (exact) mass is 388 g/mol. The Bertz CT molecular complexity index is 907. The lowest BCUT2D eigenvalue weighted by Crippen LogP contribution is -2.13. The number of methoxy groups -OCH3 is 1. The molecule has 2 aromatic carbocycles. The van der Waals surface area contributed by atoms with Crippen LogP contribution in [0.2, 0.25) is 5.02 Å². The number of amides is 1. The third-order valence-corrected chi connectivity index (χ3v) is 3.79. The van der Waals surface area contributed by atoms with Gasteiger partial charge in [-0.3, -0.25) is 4.79 Å². The molecule has 7 heteroatoms. The second kappa shape index (κ2) is 9.60. The normalized spacial score (nSPS) is 10.9. The molecule has 1 N–H and O–H groups in total. The molecule has 0 heterocycles. The summed E-state index contributed by atoms with van der Waals surface area (Å²) in [5.74, 6) is -0.144. The first kappa shape index (κ1) is 20.3. The number of hydrogen-bond acceptors (Lipinski definition) is 4. The van der Waals surface area contributed by atoms with Gasteiger partial charge in [0.15, 0.2) is 11.5 Å². The van der Waals surface area contributed by atoms with E-state index in [0.717, 1.165) is 12.5 Å². The molecule has 5 nitrogen and oxygen atoms in total. The van der Waals surface area contributed by atoms with Crippen molar-refractivity contribution in [2.24, 2.45) is 0 Å². The van der Waals surface area contributed by atoms with Gasteiger partial charge in [0.25, 0.3) is 5.91 Å². The number of benzene rings is 2. The van der Waals surface area contributed by atoms with Crippen molar-refractivity contribution >= 4 is 29.3 Å². The van der Waals surface area contributed by atoms with Crippen molar-refractivity contribution in [3.63, 3.8) is 0 Å². The van der Waals surface area contributed by atoms with Crippen molar-refractivity contribution in [3.05, 3.63) is 58.4 Å². The molecule has 2 rings (SSSR count). The summed E-state index contributed by atoms with van der Waals surface area (Å²) in [5.41, 5.74) is 0.757. The van der Waals surface area contributed by atoms with Gasteiger partial charge in [-0.25, -0.2) is 4.39 Å². The van der Waals surface area contributed by atoms with Gasteiger partial charge in [0.05, 0.1) is 18.7 Å². The predicted octanol–water partition coefficient (Wildman–Crippen LogP) is 4.82. The molecule has 140 valence electrons. The van der Waals surface area contributed by atoms with Gasteiger partial charge in [-0.15, -0.1) is 0 Å². The number of anilines is 1. The van der Waals surface area contributed by atoms with Crippen molar-refractivity contribution in [2.45, 2.75) is 13.3 Å². The number of nitriles is 1. The van der Waals surface area contributed by atoms with Crippen LogP contribution in [0.15, 0.2) is 42.0 Å². The molecular formula is C20H18ClFN2O3. The molecule has 0 saturated heterocycles. The largest absolute Gasteiger partial charge is 0.493 e. The fourth-order valence-electron chi connectivity index (χ4n) is 2.19. The topological polar surface area (TPSA) is 71.3 Å². The number of carbonyl (C=O) groups is 1. The molecule has 0 aromatic heterocycles. The molecule has 2 aromatic rings. The molecule has 0 aliphatic carbocycles. The van der Waals surface area contributed by atoms with Crippen LogP contribution in [0.5, 0.6) is 11.5 Å². The number of nitrogens with zero attached hydrogens (tertiary/aromatic N) is 1. The van der Waals surface area contributed by atoms with Gasteiger partial charge < -0.3 is 14.8 Å². The van der Waals surface area contributed by atoms with Gasteiger partial charge in [-0.1, -0.05) is 24.6 Å². The maximum atomic E-state index is 13.2. The van der Waals surface area contributed by atoms with Crippen molar-refractivity contribution in [3.8, 4) is 17.6 Å².